The SMILES string of the molecule is COc1ccccc1-n1cc(-c2cccc(Br)c2)cn1. The van der Waals surface area contributed by atoms with E-state index < -0.39 is 0 Å². The third-order valence-electron chi connectivity index (χ3n) is 3.07. The smallest absolute Gasteiger partial charge is 0.144 e. The van der Waals surface area contributed by atoms with Crippen LogP contribution in [0.25, 0.3) is 16.8 Å². The van der Waals surface area contributed by atoms with E-state index in [0.29, 0.717) is 0 Å². The van der Waals surface area contributed by atoms with Gasteiger partial charge in [0.15, 0.2) is 0 Å². The molecule has 100 valence electrons. The van der Waals surface area contributed by atoms with Crippen LogP contribution in [0.15, 0.2) is 65.4 Å². The molecule has 0 saturated heterocycles. The maximum absolute atomic E-state index is 5.37. The molecule has 0 aliphatic heterocycles. The molecule has 0 amide bonds. The molecule has 3 rings (SSSR count). The summed E-state index contributed by atoms with van der Waals surface area (Å²) in [5.41, 5.74) is 3.12. The average Bonchev–Trinajstić information content (AvgIpc) is 2.97. The highest BCUT2D eigenvalue weighted by atomic mass is 79.9. The number of nitrogens with zero attached hydrogens (tertiary/aromatic N) is 2. The standard InChI is InChI=1S/C16H13BrN2O/c1-20-16-8-3-2-7-15(16)19-11-13(10-18-19)12-5-4-6-14(17)9-12/h2-11H,1H3. The zero-order valence-corrected chi connectivity index (χ0v) is 12.5. The van der Waals surface area contributed by atoms with Crippen molar-refractivity contribution in [2.45, 2.75) is 0 Å². The summed E-state index contributed by atoms with van der Waals surface area (Å²) in [6.07, 6.45) is 3.86. The largest absolute Gasteiger partial charge is 0.494 e. The van der Waals surface area contributed by atoms with Gasteiger partial charge >= 0.3 is 0 Å². The van der Waals surface area contributed by atoms with Crippen molar-refractivity contribution in [3.05, 3.63) is 65.4 Å². The van der Waals surface area contributed by atoms with E-state index in [2.05, 4.69) is 33.2 Å². The molecule has 1 aromatic heterocycles. The van der Waals surface area contributed by atoms with Gasteiger partial charge in [-0.1, -0.05) is 40.2 Å². The molecule has 0 unspecified atom stereocenters. The van der Waals surface area contributed by atoms with Gasteiger partial charge in [-0.25, -0.2) is 4.68 Å². The maximum Gasteiger partial charge on any atom is 0.144 e. The maximum atomic E-state index is 5.37. The summed E-state index contributed by atoms with van der Waals surface area (Å²) in [6, 6.07) is 16.0. The van der Waals surface area contributed by atoms with E-state index in [-0.39, 0.29) is 0 Å². The highest BCUT2D eigenvalue weighted by Crippen LogP contribution is 2.26. The Balaban J connectivity index is 2.02. The summed E-state index contributed by atoms with van der Waals surface area (Å²) in [7, 11) is 1.66. The molecule has 20 heavy (non-hydrogen) atoms. The molecule has 0 bridgehead atoms. The lowest BCUT2D eigenvalue weighted by Crippen LogP contribution is -1.97. The summed E-state index contributed by atoms with van der Waals surface area (Å²) < 4.78 is 8.25. The first-order chi connectivity index (χ1) is 9.78. The topological polar surface area (TPSA) is 27.1 Å². The minimum Gasteiger partial charge on any atom is -0.494 e. The van der Waals surface area contributed by atoms with Crippen LogP contribution in [0.2, 0.25) is 0 Å². The van der Waals surface area contributed by atoms with Crippen LogP contribution < -0.4 is 4.74 Å². The fourth-order valence-corrected chi connectivity index (χ4v) is 2.49. The fraction of sp³-hybridized carbons (Fsp3) is 0.0625. The molecular formula is C16H13BrN2O. The Morgan fingerprint density at radius 2 is 1.90 bits per heavy atom. The van der Waals surface area contributed by atoms with Crippen molar-refractivity contribution < 1.29 is 4.74 Å². The number of hydrogen-bond donors (Lipinski definition) is 0. The van der Waals surface area contributed by atoms with Gasteiger partial charge < -0.3 is 4.74 Å². The Morgan fingerprint density at radius 1 is 1.05 bits per heavy atom. The second kappa shape index (κ2) is 5.51. The number of hydrogen-bond acceptors (Lipinski definition) is 2. The molecule has 0 N–H and O–H groups in total. The molecule has 0 fully saturated rings. The summed E-state index contributed by atoms with van der Waals surface area (Å²) in [4.78, 5) is 0. The van der Waals surface area contributed by atoms with E-state index in [1.54, 1.807) is 7.11 Å². The predicted octanol–water partition coefficient (Wildman–Crippen LogP) is 4.31. The van der Waals surface area contributed by atoms with Crippen LogP contribution in [-0.4, -0.2) is 16.9 Å². The van der Waals surface area contributed by atoms with Crippen molar-refractivity contribution in [3.8, 4) is 22.6 Å². The van der Waals surface area contributed by atoms with Gasteiger partial charge in [-0.15, -0.1) is 0 Å². The molecule has 0 atom stereocenters. The quantitative estimate of drug-likeness (QED) is 0.716. The molecule has 3 nitrogen and oxygen atoms in total. The number of ether oxygens (including phenoxy) is 1. The first kappa shape index (κ1) is 12.9. The molecule has 0 saturated carbocycles. The zero-order chi connectivity index (χ0) is 13.9. The van der Waals surface area contributed by atoms with Crippen LogP contribution in [0.4, 0.5) is 0 Å². The number of methoxy groups -OCH3 is 1. The van der Waals surface area contributed by atoms with Crippen LogP contribution in [0.5, 0.6) is 5.75 Å². The summed E-state index contributed by atoms with van der Waals surface area (Å²) in [5, 5.41) is 4.42. The van der Waals surface area contributed by atoms with Crippen molar-refractivity contribution in [1.29, 1.82) is 0 Å². The van der Waals surface area contributed by atoms with E-state index in [0.717, 1.165) is 27.0 Å². The molecule has 1 heterocycles. The Bertz CT molecular complexity index is 737. The molecule has 0 radical (unpaired) electrons. The van der Waals surface area contributed by atoms with Crippen molar-refractivity contribution >= 4 is 15.9 Å². The summed E-state index contributed by atoms with van der Waals surface area (Å²) in [5.74, 6) is 0.802. The monoisotopic (exact) mass is 328 g/mol. The summed E-state index contributed by atoms with van der Waals surface area (Å²) >= 11 is 3.49. The second-order valence-corrected chi connectivity index (χ2v) is 5.27. The number of aromatic nitrogens is 2. The molecule has 4 heteroatoms. The molecular weight excluding hydrogens is 316 g/mol. The van der Waals surface area contributed by atoms with Gasteiger partial charge in [0.2, 0.25) is 0 Å². The Morgan fingerprint density at radius 3 is 2.70 bits per heavy atom. The number of rotatable bonds is 3. The Kier molecular flexibility index (Phi) is 3.56. The average molecular weight is 329 g/mol. The fourth-order valence-electron chi connectivity index (χ4n) is 2.09. The van der Waals surface area contributed by atoms with Crippen molar-refractivity contribution in [3.63, 3.8) is 0 Å². The normalized spacial score (nSPS) is 10.5. The van der Waals surface area contributed by atoms with Gasteiger partial charge in [-0.05, 0) is 29.8 Å². The van der Waals surface area contributed by atoms with Crippen LogP contribution >= 0.6 is 15.9 Å². The lowest BCUT2D eigenvalue weighted by atomic mass is 10.1. The first-order valence-corrected chi connectivity index (χ1v) is 7.01. The zero-order valence-electron chi connectivity index (χ0n) is 11.0. The highest BCUT2D eigenvalue weighted by Gasteiger charge is 2.07. The Labute approximate surface area is 125 Å². The number of benzene rings is 2. The van der Waals surface area contributed by atoms with E-state index in [9.17, 15) is 0 Å². The van der Waals surface area contributed by atoms with Crippen LogP contribution in [-0.2, 0) is 0 Å². The Hall–Kier alpha value is -2.07. The molecule has 0 aliphatic carbocycles. The van der Waals surface area contributed by atoms with Gasteiger partial charge in [-0.2, -0.15) is 5.10 Å². The van der Waals surface area contributed by atoms with Gasteiger partial charge in [0.1, 0.15) is 11.4 Å². The molecule has 0 aliphatic rings. The summed E-state index contributed by atoms with van der Waals surface area (Å²) in [6.45, 7) is 0. The van der Waals surface area contributed by atoms with Crippen molar-refractivity contribution in [2.24, 2.45) is 0 Å². The van der Waals surface area contributed by atoms with Gasteiger partial charge in [0.25, 0.3) is 0 Å². The number of para-hydroxylation sites is 2. The van der Waals surface area contributed by atoms with Gasteiger partial charge in [-0.3, -0.25) is 0 Å². The minimum absolute atomic E-state index is 0.802. The van der Waals surface area contributed by atoms with Crippen LogP contribution in [0.1, 0.15) is 0 Å². The van der Waals surface area contributed by atoms with E-state index in [1.807, 2.05) is 53.5 Å². The third kappa shape index (κ3) is 2.47. The lowest BCUT2D eigenvalue weighted by molar-refractivity contribution is 0.411. The number of halogens is 1. The van der Waals surface area contributed by atoms with Crippen LogP contribution in [0.3, 0.4) is 0 Å². The second-order valence-electron chi connectivity index (χ2n) is 4.36. The molecule has 3 aromatic rings. The minimum atomic E-state index is 0.802. The lowest BCUT2D eigenvalue weighted by Gasteiger charge is -2.07. The van der Waals surface area contributed by atoms with E-state index >= 15 is 0 Å². The molecule has 0 spiro atoms. The van der Waals surface area contributed by atoms with E-state index in [4.69, 9.17) is 4.74 Å². The van der Waals surface area contributed by atoms with Crippen molar-refractivity contribution in [2.75, 3.05) is 7.11 Å². The van der Waals surface area contributed by atoms with Crippen LogP contribution in [0, 0.1) is 0 Å². The van der Waals surface area contributed by atoms with E-state index in [1.165, 1.54) is 0 Å². The highest BCUT2D eigenvalue weighted by molar-refractivity contribution is 9.10. The van der Waals surface area contributed by atoms with Gasteiger partial charge in [0.05, 0.1) is 13.3 Å². The first-order valence-electron chi connectivity index (χ1n) is 6.22. The predicted molar refractivity (Wildman–Crippen MR) is 83.3 cm³/mol. The van der Waals surface area contributed by atoms with Gasteiger partial charge in [0, 0.05) is 16.2 Å². The molecule has 2 aromatic carbocycles. The van der Waals surface area contributed by atoms with Crippen molar-refractivity contribution in [1.82, 2.24) is 9.78 Å². The third-order valence-corrected chi connectivity index (χ3v) is 3.57.